The van der Waals surface area contributed by atoms with Gasteiger partial charge in [0.2, 0.25) is 5.91 Å². The Balaban J connectivity index is 1.90. The van der Waals surface area contributed by atoms with Crippen LogP contribution >= 0.6 is 11.9 Å². The first-order valence-electron chi connectivity index (χ1n) is 6.75. The van der Waals surface area contributed by atoms with Crippen LogP contribution in [0.15, 0.2) is 35.6 Å². The second kappa shape index (κ2) is 6.19. The molecule has 1 amide bonds. The lowest BCUT2D eigenvalue weighted by Crippen LogP contribution is -2.28. The van der Waals surface area contributed by atoms with Crippen molar-refractivity contribution in [1.82, 2.24) is 14.7 Å². The standard InChI is InChI=1S/C14H17N5OS/c15-14(20)6-10-1-2-13-12(5-10)19(4-3-18-21-13)8-11-7-16-9-17-11/h1-2,5,7,9,18H,3-4,6,8H2,(H2,15,20)(H,16,17). The third-order valence-electron chi connectivity index (χ3n) is 3.32. The van der Waals surface area contributed by atoms with Crippen LogP contribution < -0.4 is 15.4 Å². The van der Waals surface area contributed by atoms with E-state index in [1.165, 1.54) is 0 Å². The Bertz CT molecular complexity index is 628. The van der Waals surface area contributed by atoms with Gasteiger partial charge in [0.1, 0.15) is 0 Å². The van der Waals surface area contributed by atoms with Crippen LogP contribution in [0.25, 0.3) is 0 Å². The maximum atomic E-state index is 11.1. The molecule has 110 valence electrons. The first-order chi connectivity index (χ1) is 10.2. The number of H-pyrrole nitrogens is 1. The minimum absolute atomic E-state index is 0.267. The summed E-state index contributed by atoms with van der Waals surface area (Å²) in [6.07, 6.45) is 3.78. The van der Waals surface area contributed by atoms with Crippen LogP contribution in [-0.2, 0) is 17.8 Å². The number of fused-ring (bicyclic) bond motifs is 1. The van der Waals surface area contributed by atoms with E-state index < -0.39 is 0 Å². The van der Waals surface area contributed by atoms with E-state index in [2.05, 4.69) is 25.7 Å². The average Bonchev–Trinajstić information content (AvgIpc) is 2.88. The number of carbonyl (C=O) groups excluding carboxylic acids is 1. The van der Waals surface area contributed by atoms with Gasteiger partial charge in [0, 0.05) is 24.2 Å². The molecule has 2 heterocycles. The molecule has 4 N–H and O–H groups in total. The number of amides is 1. The van der Waals surface area contributed by atoms with Gasteiger partial charge in [-0.1, -0.05) is 6.07 Å². The minimum Gasteiger partial charge on any atom is -0.369 e. The highest BCUT2D eigenvalue weighted by Gasteiger charge is 2.17. The van der Waals surface area contributed by atoms with Crippen molar-refractivity contribution in [3.63, 3.8) is 0 Å². The molecule has 6 nitrogen and oxygen atoms in total. The SMILES string of the molecule is NC(=O)Cc1ccc2c(c1)N(Cc1cnc[nH]1)CCNS2. The normalized spacial score (nSPS) is 14.6. The van der Waals surface area contributed by atoms with Crippen molar-refractivity contribution < 1.29 is 4.79 Å². The molecule has 7 heteroatoms. The lowest BCUT2D eigenvalue weighted by molar-refractivity contribution is -0.117. The molecule has 0 aliphatic carbocycles. The predicted octanol–water partition coefficient (Wildman–Crippen LogP) is 1.05. The minimum atomic E-state index is -0.311. The van der Waals surface area contributed by atoms with E-state index >= 15 is 0 Å². The van der Waals surface area contributed by atoms with Crippen molar-refractivity contribution in [3.05, 3.63) is 42.0 Å². The summed E-state index contributed by atoms with van der Waals surface area (Å²) in [6.45, 7) is 2.53. The molecule has 0 unspecified atom stereocenters. The van der Waals surface area contributed by atoms with Crippen molar-refractivity contribution in [1.29, 1.82) is 0 Å². The lowest BCUT2D eigenvalue weighted by atomic mass is 10.1. The summed E-state index contributed by atoms with van der Waals surface area (Å²) in [7, 11) is 0. The maximum Gasteiger partial charge on any atom is 0.221 e. The van der Waals surface area contributed by atoms with Gasteiger partial charge in [0.15, 0.2) is 0 Å². The van der Waals surface area contributed by atoms with Gasteiger partial charge >= 0.3 is 0 Å². The predicted molar refractivity (Wildman–Crippen MR) is 82.8 cm³/mol. The molecule has 1 aliphatic rings. The summed E-state index contributed by atoms with van der Waals surface area (Å²) in [4.78, 5) is 21.7. The molecule has 1 aliphatic heterocycles. The fourth-order valence-electron chi connectivity index (χ4n) is 2.38. The van der Waals surface area contributed by atoms with E-state index in [4.69, 9.17) is 5.73 Å². The van der Waals surface area contributed by atoms with Gasteiger partial charge in [-0.15, -0.1) is 0 Å². The maximum absolute atomic E-state index is 11.1. The highest BCUT2D eigenvalue weighted by Crippen LogP contribution is 2.32. The van der Waals surface area contributed by atoms with Gasteiger partial charge in [-0.25, -0.2) is 4.98 Å². The van der Waals surface area contributed by atoms with Crippen molar-refractivity contribution in [2.45, 2.75) is 17.9 Å². The molecule has 0 atom stereocenters. The summed E-state index contributed by atoms with van der Waals surface area (Å²) in [6, 6.07) is 6.05. The van der Waals surface area contributed by atoms with Crippen molar-refractivity contribution in [2.24, 2.45) is 5.73 Å². The molecular formula is C14H17N5OS. The third kappa shape index (κ3) is 3.37. The third-order valence-corrected chi connectivity index (χ3v) is 4.24. The molecule has 0 saturated heterocycles. The number of aromatic nitrogens is 2. The van der Waals surface area contributed by atoms with Crippen LogP contribution in [0.1, 0.15) is 11.3 Å². The molecule has 2 aromatic rings. The summed E-state index contributed by atoms with van der Waals surface area (Å²) < 4.78 is 3.33. The number of aromatic amines is 1. The second-order valence-corrected chi connectivity index (χ2v) is 5.87. The van der Waals surface area contributed by atoms with Gasteiger partial charge in [-0.2, -0.15) is 0 Å². The zero-order chi connectivity index (χ0) is 14.7. The summed E-state index contributed by atoms with van der Waals surface area (Å²) in [5.74, 6) is -0.311. The van der Waals surface area contributed by atoms with Crippen LogP contribution in [0, 0.1) is 0 Å². The molecule has 3 rings (SSSR count). The number of nitrogens with one attached hydrogen (secondary N) is 2. The summed E-state index contributed by atoms with van der Waals surface area (Å²) in [5, 5.41) is 0. The Morgan fingerprint density at radius 3 is 3.14 bits per heavy atom. The molecule has 21 heavy (non-hydrogen) atoms. The second-order valence-electron chi connectivity index (χ2n) is 4.94. The average molecular weight is 303 g/mol. The quantitative estimate of drug-likeness (QED) is 0.735. The molecule has 0 saturated carbocycles. The Kier molecular flexibility index (Phi) is 4.12. The van der Waals surface area contributed by atoms with Crippen LogP contribution in [0.5, 0.6) is 0 Å². The molecule has 0 bridgehead atoms. The topological polar surface area (TPSA) is 87.0 Å². The van der Waals surface area contributed by atoms with E-state index in [-0.39, 0.29) is 12.3 Å². The first-order valence-corrected chi connectivity index (χ1v) is 7.57. The molecule has 0 fully saturated rings. The monoisotopic (exact) mass is 303 g/mol. The van der Waals surface area contributed by atoms with Crippen LogP contribution in [0.4, 0.5) is 5.69 Å². The van der Waals surface area contributed by atoms with Gasteiger partial charge in [0.05, 0.1) is 30.7 Å². The number of nitrogens with two attached hydrogens (primary N) is 1. The number of primary amides is 1. The van der Waals surface area contributed by atoms with E-state index in [0.29, 0.717) is 0 Å². The van der Waals surface area contributed by atoms with Gasteiger partial charge in [-0.3, -0.25) is 9.52 Å². The molecule has 1 aromatic carbocycles. The first kappa shape index (κ1) is 14.0. The van der Waals surface area contributed by atoms with E-state index in [1.807, 2.05) is 18.3 Å². The summed E-state index contributed by atoms with van der Waals surface area (Å²) in [5.41, 5.74) is 8.42. The van der Waals surface area contributed by atoms with Crippen LogP contribution in [0.2, 0.25) is 0 Å². The van der Waals surface area contributed by atoms with Gasteiger partial charge in [-0.05, 0) is 29.6 Å². The number of benzene rings is 1. The zero-order valence-electron chi connectivity index (χ0n) is 11.5. The van der Waals surface area contributed by atoms with Crippen molar-refractivity contribution in [2.75, 3.05) is 18.0 Å². The van der Waals surface area contributed by atoms with Crippen molar-refractivity contribution >= 4 is 23.5 Å². The fraction of sp³-hybridized carbons (Fsp3) is 0.286. The number of nitrogens with zero attached hydrogens (tertiary/aromatic N) is 2. The Hall–Kier alpha value is -1.99. The Morgan fingerprint density at radius 2 is 2.38 bits per heavy atom. The fourth-order valence-corrected chi connectivity index (χ4v) is 3.16. The van der Waals surface area contributed by atoms with Gasteiger partial charge < -0.3 is 15.6 Å². The molecule has 0 radical (unpaired) electrons. The number of carbonyl (C=O) groups is 1. The number of rotatable bonds is 4. The molecular weight excluding hydrogens is 286 g/mol. The largest absolute Gasteiger partial charge is 0.369 e. The number of hydrogen-bond donors (Lipinski definition) is 3. The number of imidazole rings is 1. The summed E-state index contributed by atoms with van der Waals surface area (Å²) >= 11 is 1.62. The Morgan fingerprint density at radius 1 is 1.48 bits per heavy atom. The van der Waals surface area contributed by atoms with E-state index in [9.17, 15) is 4.79 Å². The zero-order valence-corrected chi connectivity index (χ0v) is 12.3. The van der Waals surface area contributed by atoms with E-state index in [1.54, 1.807) is 18.3 Å². The molecule has 1 aromatic heterocycles. The van der Waals surface area contributed by atoms with E-state index in [0.717, 1.165) is 41.5 Å². The number of anilines is 1. The highest BCUT2D eigenvalue weighted by molar-refractivity contribution is 7.97. The van der Waals surface area contributed by atoms with Gasteiger partial charge in [0.25, 0.3) is 0 Å². The van der Waals surface area contributed by atoms with Crippen molar-refractivity contribution in [3.8, 4) is 0 Å². The number of hydrogen-bond acceptors (Lipinski definition) is 5. The molecule has 0 spiro atoms. The van der Waals surface area contributed by atoms with Crippen LogP contribution in [-0.4, -0.2) is 29.0 Å². The smallest absolute Gasteiger partial charge is 0.221 e. The Labute approximate surface area is 127 Å². The highest BCUT2D eigenvalue weighted by atomic mass is 32.2. The lowest BCUT2D eigenvalue weighted by Gasteiger charge is -2.24. The van der Waals surface area contributed by atoms with Crippen LogP contribution in [0.3, 0.4) is 0 Å².